The zero-order chi connectivity index (χ0) is 28.3. The van der Waals surface area contributed by atoms with Gasteiger partial charge in [-0.15, -0.1) is 0 Å². The minimum atomic E-state index is -1.06. The van der Waals surface area contributed by atoms with Crippen LogP contribution in [0, 0.1) is 12.4 Å². The highest BCUT2D eigenvalue weighted by Gasteiger charge is 2.26. The number of aromatic carboxylic acids is 1. The van der Waals surface area contributed by atoms with E-state index in [9.17, 15) is 14.3 Å². The molecule has 0 unspecified atom stereocenters. The van der Waals surface area contributed by atoms with Crippen LogP contribution in [-0.4, -0.2) is 61.3 Å². The number of nitrogens with zero attached hydrogens (tertiary/aromatic N) is 6. The molecule has 0 amide bonds. The highest BCUT2D eigenvalue weighted by atomic mass is 19.1. The van der Waals surface area contributed by atoms with Crippen LogP contribution >= 0.6 is 0 Å². The smallest absolute Gasteiger partial charge is 0.354 e. The van der Waals surface area contributed by atoms with E-state index in [0.29, 0.717) is 35.7 Å². The Bertz CT molecular complexity index is 1620. The van der Waals surface area contributed by atoms with E-state index in [-0.39, 0.29) is 30.0 Å². The zero-order valence-electron chi connectivity index (χ0n) is 22.4. The van der Waals surface area contributed by atoms with E-state index in [0.717, 1.165) is 50.5 Å². The quantitative estimate of drug-likeness (QED) is 0.288. The summed E-state index contributed by atoms with van der Waals surface area (Å²) in [4.78, 5) is 31.0. The Balaban J connectivity index is 1.10. The first-order valence-corrected chi connectivity index (χ1v) is 13.7. The van der Waals surface area contributed by atoms with Gasteiger partial charge >= 0.3 is 5.97 Å². The Morgan fingerprint density at radius 1 is 1.12 bits per heavy atom. The maximum Gasteiger partial charge on any atom is 0.354 e. The van der Waals surface area contributed by atoms with E-state index in [2.05, 4.69) is 14.7 Å². The fourth-order valence-electron chi connectivity index (χ4n) is 5.31. The van der Waals surface area contributed by atoms with Gasteiger partial charge in [-0.3, -0.25) is 4.90 Å². The van der Waals surface area contributed by atoms with Crippen LogP contribution in [0.1, 0.15) is 52.8 Å². The second kappa shape index (κ2) is 11.6. The van der Waals surface area contributed by atoms with Gasteiger partial charge in [0.25, 0.3) is 0 Å². The molecule has 0 bridgehead atoms. The van der Waals surface area contributed by atoms with Crippen molar-refractivity contribution in [3.63, 3.8) is 0 Å². The first kappa shape index (κ1) is 26.8. The number of hydrogen-bond donors (Lipinski definition) is 1. The van der Waals surface area contributed by atoms with Gasteiger partial charge in [0.05, 0.1) is 25.8 Å². The number of hydrogen-bond acceptors (Lipinski definition) is 7. The summed E-state index contributed by atoms with van der Waals surface area (Å²) in [6.45, 7) is 10.7. The molecular formula is C30H29FN6O4. The summed E-state index contributed by atoms with van der Waals surface area (Å²) in [6.07, 6.45) is 2.87. The van der Waals surface area contributed by atoms with Crippen LogP contribution in [0.15, 0.2) is 48.5 Å². The molecular weight excluding hydrogens is 527 g/mol. The molecule has 0 aliphatic carbocycles. The molecule has 1 atom stereocenters. The molecule has 1 aromatic carbocycles. The molecule has 0 spiro atoms. The van der Waals surface area contributed by atoms with Gasteiger partial charge in [0.2, 0.25) is 5.88 Å². The van der Waals surface area contributed by atoms with Crippen molar-refractivity contribution in [2.45, 2.75) is 51.0 Å². The maximum absolute atomic E-state index is 14.2. The Kier molecular flexibility index (Phi) is 7.59. The Labute approximate surface area is 236 Å². The molecule has 0 saturated carbocycles. The van der Waals surface area contributed by atoms with Crippen molar-refractivity contribution in [3.05, 3.63) is 88.5 Å². The van der Waals surface area contributed by atoms with Crippen molar-refractivity contribution in [3.8, 4) is 5.88 Å². The summed E-state index contributed by atoms with van der Waals surface area (Å²) in [5.74, 6) is 0.0435. The number of benzene rings is 1. The van der Waals surface area contributed by atoms with Crippen molar-refractivity contribution in [2.75, 3.05) is 19.7 Å². The number of fused-ring (bicyclic) bond motifs is 1. The van der Waals surface area contributed by atoms with Crippen molar-refractivity contribution in [1.29, 1.82) is 0 Å². The molecule has 4 aromatic rings. The molecule has 6 rings (SSSR count). The van der Waals surface area contributed by atoms with Gasteiger partial charge in [0.15, 0.2) is 17.0 Å². The lowest BCUT2D eigenvalue weighted by molar-refractivity contribution is -0.0593. The van der Waals surface area contributed by atoms with E-state index in [1.165, 1.54) is 12.1 Å². The minimum Gasteiger partial charge on any atom is -0.477 e. The van der Waals surface area contributed by atoms with Gasteiger partial charge in [-0.2, -0.15) is 0 Å². The van der Waals surface area contributed by atoms with Crippen molar-refractivity contribution in [1.82, 2.24) is 24.4 Å². The fraction of sp³-hybridized carbons (Fsp3) is 0.367. The molecule has 41 heavy (non-hydrogen) atoms. The molecule has 11 heteroatoms. The number of carboxylic acid groups (broad SMARTS) is 1. The number of likely N-dealkylation sites (tertiary alicyclic amines) is 1. The van der Waals surface area contributed by atoms with Crippen LogP contribution < -0.4 is 4.74 Å². The number of carboxylic acids is 1. The number of aromatic nitrogens is 4. The number of halogens is 1. The lowest BCUT2D eigenvalue weighted by Gasteiger charge is -2.32. The molecule has 5 heterocycles. The van der Waals surface area contributed by atoms with Crippen LogP contribution in [0.25, 0.3) is 16.0 Å². The lowest BCUT2D eigenvalue weighted by atomic mass is 9.93. The van der Waals surface area contributed by atoms with Crippen molar-refractivity contribution < 1.29 is 23.8 Å². The number of imidazole rings is 1. The zero-order valence-corrected chi connectivity index (χ0v) is 22.4. The maximum atomic E-state index is 14.2. The minimum absolute atomic E-state index is 0.00221. The van der Waals surface area contributed by atoms with E-state index < -0.39 is 11.8 Å². The molecule has 0 radical (unpaired) electrons. The fourth-order valence-corrected chi connectivity index (χ4v) is 5.31. The number of piperidine rings is 1. The standard InChI is InChI=1S/C30H29FN6O4/c1-32-21-6-5-20(23(31)15-21)18-41-28-4-2-3-24(34-28)19-9-12-36(13-10-19)17-27-33-25-7-8-26(30(38)39)35-29(25)37(27)16-22-11-14-40-22/h2-8,15,19,22H,9-14,16-18H2,(H,38,39)/t22-/m0/s1. The summed E-state index contributed by atoms with van der Waals surface area (Å²) >= 11 is 0. The number of pyridine rings is 2. The molecule has 2 saturated heterocycles. The van der Waals surface area contributed by atoms with Crippen LogP contribution in [0.2, 0.25) is 0 Å². The van der Waals surface area contributed by atoms with Gasteiger partial charge in [-0.25, -0.2) is 29.0 Å². The third-order valence-corrected chi connectivity index (χ3v) is 7.73. The summed E-state index contributed by atoms with van der Waals surface area (Å²) in [5.41, 5.74) is 2.85. The summed E-state index contributed by atoms with van der Waals surface area (Å²) in [6, 6.07) is 13.2. The van der Waals surface area contributed by atoms with Gasteiger partial charge in [0, 0.05) is 29.8 Å². The average Bonchev–Trinajstić information content (AvgIpc) is 3.30. The predicted octanol–water partition coefficient (Wildman–Crippen LogP) is 4.96. The van der Waals surface area contributed by atoms with Crippen LogP contribution in [0.4, 0.5) is 10.1 Å². The summed E-state index contributed by atoms with van der Waals surface area (Å²) < 4.78 is 27.7. The van der Waals surface area contributed by atoms with Crippen molar-refractivity contribution >= 4 is 22.8 Å². The highest BCUT2D eigenvalue weighted by molar-refractivity contribution is 5.88. The summed E-state index contributed by atoms with van der Waals surface area (Å²) in [5, 5.41) is 9.43. The Morgan fingerprint density at radius 2 is 1.95 bits per heavy atom. The summed E-state index contributed by atoms with van der Waals surface area (Å²) in [7, 11) is 0. The molecule has 210 valence electrons. The third-order valence-electron chi connectivity index (χ3n) is 7.73. The molecule has 10 nitrogen and oxygen atoms in total. The highest BCUT2D eigenvalue weighted by Crippen LogP contribution is 2.30. The number of ether oxygens (including phenoxy) is 2. The number of carbonyl (C=O) groups is 1. The van der Waals surface area contributed by atoms with E-state index in [1.807, 2.05) is 16.7 Å². The second-order valence-corrected chi connectivity index (χ2v) is 10.4. The van der Waals surface area contributed by atoms with E-state index in [4.69, 9.17) is 26.0 Å². The molecule has 2 fully saturated rings. The third kappa shape index (κ3) is 5.89. The van der Waals surface area contributed by atoms with Crippen LogP contribution in [0.5, 0.6) is 5.88 Å². The van der Waals surface area contributed by atoms with Crippen LogP contribution in [-0.2, 0) is 24.4 Å². The average molecular weight is 557 g/mol. The van der Waals surface area contributed by atoms with Crippen LogP contribution in [0.3, 0.4) is 0 Å². The van der Waals surface area contributed by atoms with Gasteiger partial charge in [0.1, 0.15) is 23.8 Å². The normalized spacial score (nSPS) is 17.7. The van der Waals surface area contributed by atoms with Gasteiger partial charge in [-0.05, 0) is 56.6 Å². The first-order chi connectivity index (χ1) is 20.0. The largest absolute Gasteiger partial charge is 0.477 e. The molecule has 3 aromatic heterocycles. The van der Waals surface area contributed by atoms with E-state index in [1.54, 1.807) is 24.3 Å². The topological polar surface area (TPSA) is 107 Å². The van der Waals surface area contributed by atoms with Crippen molar-refractivity contribution in [2.24, 2.45) is 0 Å². The lowest BCUT2D eigenvalue weighted by Crippen LogP contribution is -2.35. The molecule has 2 aliphatic rings. The SMILES string of the molecule is [C-]#[N+]c1ccc(COc2cccc(C3CCN(Cc4nc5ccc(C(=O)O)nc5n4C[C@@H]4CCO4)CC3)n2)c(F)c1. The molecule has 1 N–H and O–H groups in total. The molecule has 2 aliphatic heterocycles. The van der Waals surface area contributed by atoms with Gasteiger partial charge in [-0.1, -0.05) is 18.2 Å². The Morgan fingerprint density at radius 3 is 2.66 bits per heavy atom. The monoisotopic (exact) mass is 556 g/mol. The van der Waals surface area contributed by atoms with Gasteiger partial charge < -0.3 is 19.1 Å². The predicted molar refractivity (Wildman–Crippen MR) is 147 cm³/mol. The number of rotatable bonds is 9. The first-order valence-electron chi connectivity index (χ1n) is 13.7. The second-order valence-electron chi connectivity index (χ2n) is 10.4. The van der Waals surface area contributed by atoms with E-state index >= 15 is 0 Å². The Hall–Kier alpha value is -4.40.